The number of hydrogen-bond donors (Lipinski definition) is 1. The molecule has 2 saturated heterocycles. The number of amidine groups is 1. The van der Waals surface area contributed by atoms with Gasteiger partial charge in [0.25, 0.3) is 0 Å². The van der Waals surface area contributed by atoms with Crippen LogP contribution in [-0.2, 0) is 0 Å². The number of piperidine rings is 1. The highest BCUT2D eigenvalue weighted by atomic mass is 35.5. The van der Waals surface area contributed by atoms with E-state index in [1.165, 1.54) is 35.7 Å². The van der Waals surface area contributed by atoms with Gasteiger partial charge in [0, 0.05) is 65.7 Å². The van der Waals surface area contributed by atoms with E-state index in [0.717, 1.165) is 38.0 Å². The Morgan fingerprint density at radius 3 is 2.69 bits per heavy atom. The first kappa shape index (κ1) is 25.9. The zero-order valence-corrected chi connectivity index (χ0v) is 22.3. The number of thiazole rings is 1. The molecule has 2 fully saturated rings. The number of amides is 2. The van der Waals surface area contributed by atoms with Gasteiger partial charge < -0.3 is 15.1 Å². The maximum Gasteiger partial charge on any atom is 0.333 e. The maximum absolute atomic E-state index is 14.0. The molecule has 0 saturated carbocycles. The Hall–Kier alpha value is -3.38. The van der Waals surface area contributed by atoms with Gasteiger partial charge in [-0.25, -0.2) is 18.9 Å². The van der Waals surface area contributed by atoms with Gasteiger partial charge in [0.2, 0.25) is 0 Å². The Kier molecular flexibility index (Phi) is 7.06. The van der Waals surface area contributed by atoms with Gasteiger partial charge >= 0.3 is 12.6 Å². The van der Waals surface area contributed by atoms with Crippen LogP contribution >= 0.6 is 22.9 Å². The molecule has 39 heavy (non-hydrogen) atoms. The normalized spacial score (nSPS) is 21.4. The Morgan fingerprint density at radius 2 is 2.00 bits per heavy atom. The quantitative estimate of drug-likeness (QED) is 0.423. The minimum absolute atomic E-state index is 0.116. The fourth-order valence-electron chi connectivity index (χ4n) is 5.41. The maximum atomic E-state index is 14.0. The number of alkyl halides is 2. The summed E-state index contributed by atoms with van der Waals surface area (Å²) < 4.78 is 41.6. The van der Waals surface area contributed by atoms with E-state index in [1.807, 2.05) is 15.2 Å². The third-order valence-electron chi connectivity index (χ3n) is 7.20. The molecular weight excluding hydrogens is 551 g/mol. The molecular formula is C26H25ClF3N7OS. The second-order valence-corrected chi connectivity index (χ2v) is 11.0. The molecule has 0 spiro atoms. The molecule has 3 aliphatic rings. The zero-order valence-electron chi connectivity index (χ0n) is 20.7. The summed E-state index contributed by atoms with van der Waals surface area (Å²) in [5.74, 6) is 0.0833. The number of halogens is 4. The number of nitrogens with one attached hydrogen (secondary N) is 1. The number of nitrogens with zero attached hydrogens (tertiary/aromatic N) is 6. The van der Waals surface area contributed by atoms with E-state index in [-0.39, 0.29) is 17.1 Å². The van der Waals surface area contributed by atoms with Crippen molar-refractivity contribution >= 4 is 40.4 Å². The molecule has 3 aliphatic heterocycles. The topological polar surface area (TPSA) is 78.6 Å². The summed E-state index contributed by atoms with van der Waals surface area (Å²) in [7, 11) is 0. The first-order valence-corrected chi connectivity index (χ1v) is 14.0. The highest BCUT2D eigenvalue weighted by Gasteiger charge is 2.41. The lowest BCUT2D eigenvalue weighted by atomic mass is 9.92. The molecule has 6 rings (SSSR count). The monoisotopic (exact) mass is 575 g/mol. The van der Waals surface area contributed by atoms with Crippen LogP contribution in [0, 0.1) is 5.82 Å². The van der Waals surface area contributed by atoms with Gasteiger partial charge in [-0.1, -0.05) is 17.7 Å². The average molecular weight is 576 g/mol. The molecule has 2 aromatic heterocycles. The largest absolute Gasteiger partial charge is 0.333 e. The van der Waals surface area contributed by atoms with Crippen LogP contribution in [0.15, 0.2) is 52.7 Å². The number of urea groups is 1. The van der Waals surface area contributed by atoms with Crippen molar-refractivity contribution in [2.24, 2.45) is 4.99 Å². The second kappa shape index (κ2) is 10.6. The minimum atomic E-state index is -2.81. The second-order valence-electron chi connectivity index (χ2n) is 9.69. The van der Waals surface area contributed by atoms with Crippen LogP contribution in [-0.4, -0.2) is 62.1 Å². The van der Waals surface area contributed by atoms with Crippen molar-refractivity contribution in [3.8, 4) is 0 Å². The number of aliphatic imine (C=N–C) groups is 1. The lowest BCUT2D eigenvalue weighted by Crippen LogP contribution is -2.47. The van der Waals surface area contributed by atoms with E-state index in [2.05, 4.69) is 15.4 Å². The van der Waals surface area contributed by atoms with Crippen molar-refractivity contribution in [3.05, 3.63) is 74.8 Å². The molecule has 0 aliphatic carbocycles. The van der Waals surface area contributed by atoms with Crippen LogP contribution in [0.25, 0.3) is 5.57 Å². The van der Waals surface area contributed by atoms with Crippen molar-refractivity contribution in [1.82, 2.24) is 29.9 Å². The molecule has 0 bridgehead atoms. The zero-order chi connectivity index (χ0) is 27.1. The van der Waals surface area contributed by atoms with E-state index in [4.69, 9.17) is 16.6 Å². The summed E-state index contributed by atoms with van der Waals surface area (Å²) in [6.07, 6.45) is 6.39. The van der Waals surface area contributed by atoms with Crippen LogP contribution < -0.4 is 5.32 Å². The van der Waals surface area contributed by atoms with Crippen molar-refractivity contribution in [2.75, 3.05) is 19.6 Å². The number of benzene rings is 1. The van der Waals surface area contributed by atoms with Crippen molar-refractivity contribution < 1.29 is 18.0 Å². The summed E-state index contributed by atoms with van der Waals surface area (Å²) in [6, 6.07) is 4.45. The summed E-state index contributed by atoms with van der Waals surface area (Å²) in [5, 5.41) is 9.97. The third-order valence-corrected chi connectivity index (χ3v) is 8.29. The summed E-state index contributed by atoms with van der Waals surface area (Å²) in [5.41, 5.74) is 2.19. The lowest BCUT2D eigenvalue weighted by Gasteiger charge is -2.32. The molecule has 3 aromatic rings. The molecule has 1 N–H and O–H groups in total. The summed E-state index contributed by atoms with van der Waals surface area (Å²) in [4.78, 5) is 26.3. The SMILES string of the molecule is O=C(N[C@H]1CC2=C(c3ccn(C(F)F)n3)[C@H](c3ccc(F)cc3Cl)N=C(c3nccs3)N2C1)N1CCCCC1. The Balaban J connectivity index is 1.45. The molecule has 2 amide bonds. The van der Waals surface area contributed by atoms with Crippen LogP contribution in [0.5, 0.6) is 0 Å². The molecule has 13 heteroatoms. The highest BCUT2D eigenvalue weighted by molar-refractivity contribution is 7.11. The highest BCUT2D eigenvalue weighted by Crippen LogP contribution is 2.46. The van der Waals surface area contributed by atoms with Gasteiger partial charge in [-0.15, -0.1) is 11.3 Å². The number of aromatic nitrogens is 3. The fraction of sp³-hybridized carbons (Fsp3) is 0.385. The molecule has 5 heterocycles. The van der Waals surface area contributed by atoms with E-state index in [1.54, 1.807) is 12.3 Å². The first-order chi connectivity index (χ1) is 18.9. The van der Waals surface area contributed by atoms with Crippen LogP contribution in [0.4, 0.5) is 18.0 Å². The smallest absolute Gasteiger partial charge is 0.333 e. The molecule has 0 unspecified atom stereocenters. The van der Waals surface area contributed by atoms with Crippen LogP contribution in [0.2, 0.25) is 5.02 Å². The molecule has 2 atom stereocenters. The first-order valence-electron chi connectivity index (χ1n) is 12.7. The molecule has 204 valence electrons. The fourth-order valence-corrected chi connectivity index (χ4v) is 6.32. The summed E-state index contributed by atoms with van der Waals surface area (Å²) in [6.45, 7) is -0.946. The number of fused-ring (bicyclic) bond motifs is 1. The van der Waals surface area contributed by atoms with Crippen molar-refractivity contribution in [2.45, 2.75) is 44.3 Å². The molecule has 0 radical (unpaired) electrons. The van der Waals surface area contributed by atoms with Gasteiger partial charge in [-0.05, 0) is 37.5 Å². The van der Waals surface area contributed by atoms with Gasteiger partial charge in [0.05, 0.1) is 11.7 Å². The van der Waals surface area contributed by atoms with Gasteiger partial charge in [-0.2, -0.15) is 13.9 Å². The van der Waals surface area contributed by atoms with Gasteiger partial charge in [0.1, 0.15) is 11.9 Å². The van der Waals surface area contributed by atoms with E-state index < -0.39 is 18.4 Å². The third kappa shape index (κ3) is 5.03. The standard InChI is InChI=1S/C26H25ClF3N7OS/c27-18-12-15(28)4-5-17(18)22-21(19-6-10-37(34-19)25(29)30)20-13-16(32-26(38)35-8-2-1-3-9-35)14-36(20)23(33-22)24-31-7-11-39-24/h4-7,10-12,16,22,25H,1-3,8-9,13-14H2,(H,32,38)/t16-,22-/m0/s1. The number of carbonyl (C=O) groups excluding carboxylic acids is 1. The number of carbonyl (C=O) groups is 1. The Bertz CT molecular complexity index is 1430. The van der Waals surface area contributed by atoms with E-state index >= 15 is 0 Å². The Morgan fingerprint density at radius 1 is 1.18 bits per heavy atom. The van der Waals surface area contributed by atoms with E-state index in [0.29, 0.717) is 45.3 Å². The van der Waals surface area contributed by atoms with Crippen molar-refractivity contribution in [3.63, 3.8) is 0 Å². The Labute approximate surface area is 231 Å². The predicted octanol–water partition coefficient (Wildman–Crippen LogP) is 5.71. The molecule has 1 aromatic carbocycles. The number of likely N-dealkylation sites (tertiary alicyclic amines) is 1. The van der Waals surface area contributed by atoms with Gasteiger partial charge in [0.15, 0.2) is 10.8 Å². The summed E-state index contributed by atoms with van der Waals surface area (Å²) >= 11 is 7.92. The number of hydrogen-bond acceptors (Lipinski definition) is 6. The van der Waals surface area contributed by atoms with E-state index in [9.17, 15) is 18.0 Å². The van der Waals surface area contributed by atoms with Crippen LogP contribution in [0.3, 0.4) is 0 Å². The van der Waals surface area contributed by atoms with Crippen LogP contribution in [0.1, 0.15) is 54.5 Å². The molecule has 8 nitrogen and oxygen atoms in total. The van der Waals surface area contributed by atoms with Crippen molar-refractivity contribution in [1.29, 1.82) is 0 Å². The minimum Gasteiger partial charge on any atom is -0.333 e. The lowest BCUT2D eigenvalue weighted by molar-refractivity contribution is 0.0564. The average Bonchev–Trinajstić information content (AvgIpc) is 3.69. The predicted molar refractivity (Wildman–Crippen MR) is 142 cm³/mol. The number of rotatable bonds is 5. The van der Waals surface area contributed by atoms with Gasteiger partial charge in [-0.3, -0.25) is 4.99 Å².